The van der Waals surface area contributed by atoms with Gasteiger partial charge in [0.1, 0.15) is 0 Å². The van der Waals surface area contributed by atoms with Crippen LogP contribution in [0.5, 0.6) is 0 Å². The van der Waals surface area contributed by atoms with E-state index in [0.29, 0.717) is 5.92 Å². The van der Waals surface area contributed by atoms with Crippen LogP contribution in [0.2, 0.25) is 4.34 Å². The van der Waals surface area contributed by atoms with Crippen LogP contribution in [0.25, 0.3) is 0 Å². The average Bonchev–Trinajstić information content (AvgIpc) is 2.85. The maximum absolute atomic E-state index is 8.95. The number of aliphatic hydroxyl groups is 1. The molecule has 0 amide bonds. The number of rotatable bonds is 4. The summed E-state index contributed by atoms with van der Waals surface area (Å²) in [5.74, 6) is 1.37. The van der Waals surface area contributed by atoms with E-state index in [-0.39, 0.29) is 6.61 Å². The Bertz CT molecular complexity index is 280. The molecule has 0 radical (unpaired) electrons. The zero-order valence-electron chi connectivity index (χ0n) is 7.37. The molecule has 1 aliphatic carbocycles. The SMILES string of the molecule is OCCC(c1ccc(Cl)s1)C1CC1. The van der Waals surface area contributed by atoms with Gasteiger partial charge in [-0.05, 0) is 43.2 Å². The summed E-state index contributed by atoms with van der Waals surface area (Å²) < 4.78 is 0.860. The van der Waals surface area contributed by atoms with E-state index in [0.717, 1.165) is 16.7 Å². The standard InChI is InChI=1S/C10H13ClOS/c11-10-4-3-9(13-10)8(5-6-12)7-1-2-7/h3-4,7-8,12H,1-2,5-6H2. The zero-order valence-corrected chi connectivity index (χ0v) is 8.94. The van der Waals surface area contributed by atoms with Gasteiger partial charge in [0.15, 0.2) is 0 Å². The van der Waals surface area contributed by atoms with Gasteiger partial charge in [-0.15, -0.1) is 11.3 Å². The maximum atomic E-state index is 8.95. The topological polar surface area (TPSA) is 20.2 Å². The first-order valence-electron chi connectivity index (χ1n) is 4.67. The van der Waals surface area contributed by atoms with Crippen molar-refractivity contribution in [1.29, 1.82) is 0 Å². The van der Waals surface area contributed by atoms with Crippen LogP contribution in [0.4, 0.5) is 0 Å². The Balaban J connectivity index is 2.10. The Labute approximate surface area is 87.4 Å². The van der Waals surface area contributed by atoms with Crippen molar-refractivity contribution in [2.75, 3.05) is 6.61 Å². The summed E-state index contributed by atoms with van der Waals surface area (Å²) in [4.78, 5) is 1.35. The summed E-state index contributed by atoms with van der Waals surface area (Å²) in [7, 11) is 0. The predicted molar refractivity (Wildman–Crippen MR) is 56.5 cm³/mol. The van der Waals surface area contributed by atoms with Crippen LogP contribution in [0.3, 0.4) is 0 Å². The van der Waals surface area contributed by atoms with Gasteiger partial charge in [-0.2, -0.15) is 0 Å². The summed E-state index contributed by atoms with van der Waals surface area (Å²) in [6.45, 7) is 0.288. The second-order valence-corrected chi connectivity index (χ2v) is 5.34. The largest absolute Gasteiger partial charge is 0.396 e. The molecule has 0 saturated heterocycles. The molecule has 0 spiro atoms. The first-order valence-corrected chi connectivity index (χ1v) is 5.87. The number of thiophene rings is 1. The van der Waals surface area contributed by atoms with Crippen molar-refractivity contribution in [3.05, 3.63) is 21.3 Å². The van der Waals surface area contributed by atoms with Crippen LogP contribution < -0.4 is 0 Å². The number of halogens is 1. The quantitative estimate of drug-likeness (QED) is 0.819. The fourth-order valence-electron chi connectivity index (χ4n) is 1.78. The van der Waals surface area contributed by atoms with Crippen LogP contribution in [-0.4, -0.2) is 11.7 Å². The van der Waals surface area contributed by atoms with Crippen molar-refractivity contribution in [2.45, 2.75) is 25.2 Å². The van der Waals surface area contributed by atoms with E-state index in [1.807, 2.05) is 6.07 Å². The molecule has 1 unspecified atom stereocenters. The second kappa shape index (κ2) is 3.99. The van der Waals surface area contributed by atoms with E-state index in [2.05, 4.69) is 6.07 Å². The minimum Gasteiger partial charge on any atom is -0.396 e. The highest BCUT2D eigenvalue weighted by Crippen LogP contribution is 2.46. The molecule has 0 aromatic carbocycles. The van der Waals surface area contributed by atoms with Gasteiger partial charge in [0.05, 0.1) is 4.34 Å². The molecule has 1 aromatic rings. The minimum absolute atomic E-state index is 0.288. The lowest BCUT2D eigenvalue weighted by Crippen LogP contribution is -2.01. The molecule has 1 aliphatic rings. The smallest absolute Gasteiger partial charge is 0.0931 e. The van der Waals surface area contributed by atoms with Crippen molar-refractivity contribution < 1.29 is 5.11 Å². The molecular formula is C10H13ClOS. The van der Waals surface area contributed by atoms with E-state index >= 15 is 0 Å². The molecule has 3 heteroatoms. The summed E-state index contributed by atoms with van der Waals surface area (Å²) in [5.41, 5.74) is 0. The lowest BCUT2D eigenvalue weighted by Gasteiger charge is -2.11. The highest BCUT2D eigenvalue weighted by Gasteiger charge is 2.32. The van der Waals surface area contributed by atoms with E-state index in [1.54, 1.807) is 11.3 Å². The Hall–Kier alpha value is -0.0500. The fourth-order valence-corrected chi connectivity index (χ4v) is 3.06. The third-order valence-corrected chi connectivity index (χ3v) is 3.95. The minimum atomic E-state index is 0.288. The predicted octanol–water partition coefficient (Wildman–Crippen LogP) is 3.28. The van der Waals surface area contributed by atoms with Crippen molar-refractivity contribution in [1.82, 2.24) is 0 Å². The van der Waals surface area contributed by atoms with Gasteiger partial charge in [-0.1, -0.05) is 11.6 Å². The van der Waals surface area contributed by atoms with Crippen molar-refractivity contribution >= 4 is 22.9 Å². The average molecular weight is 217 g/mol. The van der Waals surface area contributed by atoms with Crippen molar-refractivity contribution in [3.8, 4) is 0 Å². The Kier molecular flexibility index (Phi) is 2.92. The van der Waals surface area contributed by atoms with Gasteiger partial charge in [0.2, 0.25) is 0 Å². The fraction of sp³-hybridized carbons (Fsp3) is 0.600. The summed E-state index contributed by atoms with van der Waals surface area (Å²) in [5, 5.41) is 8.95. The van der Waals surface area contributed by atoms with Crippen LogP contribution in [-0.2, 0) is 0 Å². The molecule has 1 aromatic heterocycles. The van der Waals surface area contributed by atoms with Crippen LogP contribution in [0, 0.1) is 5.92 Å². The molecule has 1 fully saturated rings. The third kappa shape index (κ3) is 2.25. The van der Waals surface area contributed by atoms with Crippen LogP contribution in [0.15, 0.2) is 12.1 Å². The molecule has 1 nitrogen and oxygen atoms in total. The van der Waals surface area contributed by atoms with E-state index in [1.165, 1.54) is 17.7 Å². The van der Waals surface area contributed by atoms with Gasteiger partial charge < -0.3 is 5.11 Å². The molecule has 1 N–H and O–H groups in total. The Morgan fingerprint density at radius 2 is 2.31 bits per heavy atom. The molecule has 0 aliphatic heterocycles. The zero-order chi connectivity index (χ0) is 9.26. The number of hydrogen-bond donors (Lipinski definition) is 1. The Morgan fingerprint density at radius 1 is 1.54 bits per heavy atom. The van der Waals surface area contributed by atoms with Crippen molar-refractivity contribution in [3.63, 3.8) is 0 Å². The number of aliphatic hydroxyl groups excluding tert-OH is 1. The summed E-state index contributed by atoms with van der Waals surface area (Å²) in [6, 6.07) is 4.06. The summed E-state index contributed by atoms with van der Waals surface area (Å²) >= 11 is 7.54. The molecule has 72 valence electrons. The van der Waals surface area contributed by atoms with Gasteiger partial charge in [0, 0.05) is 11.5 Å². The highest BCUT2D eigenvalue weighted by atomic mass is 35.5. The van der Waals surface area contributed by atoms with Gasteiger partial charge >= 0.3 is 0 Å². The van der Waals surface area contributed by atoms with Crippen molar-refractivity contribution in [2.24, 2.45) is 5.92 Å². The molecular weight excluding hydrogens is 204 g/mol. The molecule has 0 bridgehead atoms. The lowest BCUT2D eigenvalue weighted by molar-refractivity contribution is 0.270. The normalized spacial score (nSPS) is 18.9. The molecule has 1 atom stereocenters. The first-order chi connectivity index (χ1) is 6.31. The highest BCUT2D eigenvalue weighted by molar-refractivity contribution is 7.16. The molecule has 1 heterocycles. The third-order valence-electron chi connectivity index (χ3n) is 2.59. The second-order valence-electron chi connectivity index (χ2n) is 3.60. The molecule has 2 rings (SSSR count). The molecule has 13 heavy (non-hydrogen) atoms. The van der Waals surface area contributed by atoms with E-state index in [4.69, 9.17) is 16.7 Å². The Morgan fingerprint density at radius 3 is 2.77 bits per heavy atom. The van der Waals surface area contributed by atoms with Gasteiger partial charge in [-0.3, -0.25) is 0 Å². The lowest BCUT2D eigenvalue weighted by atomic mass is 9.98. The van der Waals surface area contributed by atoms with Gasteiger partial charge in [0.25, 0.3) is 0 Å². The molecule has 1 saturated carbocycles. The van der Waals surface area contributed by atoms with E-state index < -0.39 is 0 Å². The van der Waals surface area contributed by atoms with Crippen LogP contribution >= 0.6 is 22.9 Å². The monoisotopic (exact) mass is 216 g/mol. The van der Waals surface area contributed by atoms with E-state index in [9.17, 15) is 0 Å². The van der Waals surface area contributed by atoms with Crippen LogP contribution in [0.1, 0.15) is 30.1 Å². The number of hydrogen-bond acceptors (Lipinski definition) is 2. The van der Waals surface area contributed by atoms with Gasteiger partial charge in [-0.25, -0.2) is 0 Å². The first kappa shape index (κ1) is 9.50. The maximum Gasteiger partial charge on any atom is 0.0931 e. The summed E-state index contributed by atoms with van der Waals surface area (Å²) in [6.07, 6.45) is 3.53.